The van der Waals surface area contributed by atoms with Gasteiger partial charge in [0.15, 0.2) is 23.1 Å². The Kier molecular flexibility index (Phi) is 6.98. The number of rotatable bonds is 9. The lowest BCUT2D eigenvalue weighted by molar-refractivity contribution is 0.294. The van der Waals surface area contributed by atoms with Crippen molar-refractivity contribution in [1.82, 2.24) is 24.4 Å². The van der Waals surface area contributed by atoms with Crippen LogP contribution in [0.2, 0.25) is 0 Å². The van der Waals surface area contributed by atoms with Gasteiger partial charge >= 0.3 is 0 Å². The molecule has 0 aliphatic rings. The topological polar surface area (TPSA) is 96.7 Å². The van der Waals surface area contributed by atoms with Crippen molar-refractivity contribution in [3.8, 4) is 28.6 Å². The zero-order chi connectivity index (χ0) is 27.5. The fourth-order valence-corrected chi connectivity index (χ4v) is 5.07. The Morgan fingerprint density at radius 2 is 1.90 bits per heavy atom. The van der Waals surface area contributed by atoms with Gasteiger partial charge in [0.05, 0.1) is 30.2 Å². The summed E-state index contributed by atoms with van der Waals surface area (Å²) >= 11 is 1.27. The quantitative estimate of drug-likeness (QED) is 0.246. The zero-order valence-electron chi connectivity index (χ0n) is 21.9. The highest BCUT2D eigenvalue weighted by Gasteiger charge is 2.15. The molecule has 0 N–H and O–H groups in total. The molecule has 0 spiro atoms. The third-order valence-electron chi connectivity index (χ3n) is 6.08. The summed E-state index contributed by atoms with van der Waals surface area (Å²) in [5.74, 6) is 2.41. The fraction of sp³-hybridized carbons (Fsp3) is 0.133. The van der Waals surface area contributed by atoms with Gasteiger partial charge in [-0.1, -0.05) is 48.6 Å². The van der Waals surface area contributed by atoms with E-state index in [1.165, 1.54) is 15.9 Å². The number of benzene rings is 2. The van der Waals surface area contributed by atoms with Gasteiger partial charge in [0.25, 0.3) is 5.56 Å². The van der Waals surface area contributed by atoms with Crippen LogP contribution in [-0.4, -0.2) is 38.1 Å². The summed E-state index contributed by atoms with van der Waals surface area (Å²) < 4.78 is 20.4. The molecule has 9 nitrogen and oxygen atoms in total. The summed E-state index contributed by atoms with van der Waals surface area (Å²) in [6.07, 6.45) is 9.83. The van der Waals surface area contributed by atoms with Crippen molar-refractivity contribution in [2.75, 3.05) is 13.7 Å². The van der Waals surface area contributed by atoms with Crippen LogP contribution in [0.1, 0.15) is 30.3 Å². The van der Waals surface area contributed by atoms with E-state index >= 15 is 0 Å². The minimum Gasteiger partial charge on any atom is -0.493 e. The highest BCUT2D eigenvalue weighted by Crippen LogP contribution is 2.29. The van der Waals surface area contributed by atoms with E-state index in [1.54, 1.807) is 30.2 Å². The Labute approximate surface area is 233 Å². The number of aromatic nitrogens is 5. The average molecular weight is 552 g/mol. The lowest BCUT2D eigenvalue weighted by Gasteiger charge is -2.10. The predicted octanol–water partition coefficient (Wildman–Crippen LogP) is 5.11. The number of hydrogen-bond acceptors (Lipinski definition) is 8. The van der Waals surface area contributed by atoms with Crippen molar-refractivity contribution in [2.45, 2.75) is 13.3 Å². The van der Waals surface area contributed by atoms with E-state index in [0.717, 1.165) is 23.2 Å². The van der Waals surface area contributed by atoms with E-state index in [1.807, 2.05) is 72.9 Å². The molecule has 200 valence electrons. The maximum Gasteiger partial charge on any atom is 0.291 e. The first-order chi connectivity index (χ1) is 19.6. The smallest absolute Gasteiger partial charge is 0.291 e. The molecule has 0 amide bonds. The second kappa shape index (κ2) is 11.0. The molecule has 0 bridgehead atoms. The molecule has 2 aromatic carbocycles. The number of hydrogen-bond donors (Lipinski definition) is 0. The number of thiazole rings is 1. The molecule has 6 aromatic rings. The average Bonchev–Trinajstić information content (AvgIpc) is 3.78. The molecule has 40 heavy (non-hydrogen) atoms. The van der Waals surface area contributed by atoms with Crippen molar-refractivity contribution < 1.29 is 13.9 Å². The molecule has 6 rings (SSSR count). The largest absolute Gasteiger partial charge is 0.493 e. The first kappa shape index (κ1) is 25.3. The van der Waals surface area contributed by atoms with Crippen LogP contribution in [0.4, 0.5) is 0 Å². The Morgan fingerprint density at radius 3 is 2.65 bits per heavy atom. The Bertz CT molecular complexity index is 1900. The van der Waals surface area contributed by atoms with E-state index in [4.69, 9.17) is 19.0 Å². The van der Waals surface area contributed by atoms with Gasteiger partial charge in [0, 0.05) is 11.8 Å². The molecule has 0 fully saturated rings. The van der Waals surface area contributed by atoms with Crippen molar-refractivity contribution in [3.05, 3.63) is 105 Å². The van der Waals surface area contributed by atoms with E-state index in [0.29, 0.717) is 44.9 Å². The molecular formula is C30H25N5O4S. The molecule has 4 heterocycles. The van der Waals surface area contributed by atoms with E-state index in [9.17, 15) is 4.79 Å². The van der Waals surface area contributed by atoms with Gasteiger partial charge in [0.2, 0.25) is 4.96 Å². The van der Waals surface area contributed by atoms with Crippen LogP contribution in [-0.2, 0) is 0 Å². The fourth-order valence-electron chi connectivity index (χ4n) is 4.16. The standard InChI is InChI=1S/C30H25N5O4S/c1-3-15-38-23-13-11-20(17-25(23)37-2)12-14-27-31-30-35(32-27)29(36)26(40-30)18-21-19-34(22-8-5-4-6-9-22)33-28(21)24-10-7-16-39-24/h4-14,16-19H,3,15H2,1-2H3/b14-12+,26-18-. The van der Waals surface area contributed by atoms with Crippen LogP contribution in [0, 0.1) is 0 Å². The van der Waals surface area contributed by atoms with E-state index in [2.05, 4.69) is 17.0 Å². The van der Waals surface area contributed by atoms with Gasteiger partial charge in [-0.3, -0.25) is 4.79 Å². The third-order valence-corrected chi connectivity index (χ3v) is 7.04. The second-order valence-corrected chi connectivity index (χ2v) is 9.87. The number of nitrogens with zero attached hydrogens (tertiary/aromatic N) is 5. The maximum atomic E-state index is 13.2. The lowest BCUT2D eigenvalue weighted by Crippen LogP contribution is -2.23. The Balaban J connectivity index is 1.31. The third kappa shape index (κ3) is 5.04. The summed E-state index contributed by atoms with van der Waals surface area (Å²) in [7, 11) is 1.61. The lowest BCUT2D eigenvalue weighted by atomic mass is 10.2. The van der Waals surface area contributed by atoms with Crippen LogP contribution in [0.5, 0.6) is 11.5 Å². The van der Waals surface area contributed by atoms with Crippen LogP contribution >= 0.6 is 11.3 Å². The second-order valence-electron chi connectivity index (χ2n) is 8.86. The number of ether oxygens (including phenoxy) is 2. The minimum absolute atomic E-state index is 0.246. The predicted molar refractivity (Wildman–Crippen MR) is 155 cm³/mol. The van der Waals surface area contributed by atoms with Crippen molar-refractivity contribution >= 4 is 34.5 Å². The van der Waals surface area contributed by atoms with E-state index < -0.39 is 0 Å². The molecule has 0 aliphatic carbocycles. The SMILES string of the molecule is CCCOc1ccc(/C=C/c2nc3s/c(=C\c4cn(-c5ccccc5)nc4-c4ccco4)c(=O)n3n2)cc1OC. The molecule has 4 aromatic heterocycles. The Hall–Kier alpha value is -4.96. The summed E-state index contributed by atoms with van der Waals surface area (Å²) in [5.41, 5.74) is 2.94. The van der Waals surface area contributed by atoms with Crippen LogP contribution < -0.4 is 19.6 Å². The Morgan fingerprint density at radius 1 is 1.02 bits per heavy atom. The highest BCUT2D eigenvalue weighted by molar-refractivity contribution is 7.15. The van der Waals surface area contributed by atoms with Gasteiger partial charge in [-0.05, 0) is 60.5 Å². The molecular weight excluding hydrogens is 526 g/mol. The summed E-state index contributed by atoms with van der Waals surface area (Å²) in [6, 6.07) is 19.1. The number of methoxy groups -OCH3 is 1. The number of fused-ring (bicyclic) bond motifs is 1. The molecule has 0 unspecified atom stereocenters. The summed E-state index contributed by atoms with van der Waals surface area (Å²) in [6.45, 7) is 2.68. The van der Waals surface area contributed by atoms with Gasteiger partial charge in [0.1, 0.15) is 5.69 Å². The molecule has 0 saturated carbocycles. The van der Waals surface area contributed by atoms with Crippen LogP contribution in [0.25, 0.3) is 40.3 Å². The van der Waals surface area contributed by atoms with Gasteiger partial charge in [-0.25, -0.2) is 4.68 Å². The monoisotopic (exact) mass is 551 g/mol. The first-order valence-electron chi connectivity index (χ1n) is 12.7. The van der Waals surface area contributed by atoms with Crippen LogP contribution in [0.3, 0.4) is 0 Å². The normalized spacial score (nSPS) is 12.1. The first-order valence-corrected chi connectivity index (χ1v) is 13.5. The zero-order valence-corrected chi connectivity index (χ0v) is 22.7. The molecule has 0 saturated heterocycles. The number of para-hydroxylation sites is 1. The van der Waals surface area contributed by atoms with Crippen molar-refractivity contribution in [1.29, 1.82) is 0 Å². The summed E-state index contributed by atoms with van der Waals surface area (Å²) in [5, 5.41) is 9.14. The number of furan rings is 1. The minimum atomic E-state index is -0.246. The molecule has 0 radical (unpaired) electrons. The molecule has 0 atom stereocenters. The van der Waals surface area contributed by atoms with Crippen molar-refractivity contribution in [3.63, 3.8) is 0 Å². The van der Waals surface area contributed by atoms with Gasteiger partial charge in [-0.2, -0.15) is 14.6 Å². The van der Waals surface area contributed by atoms with Gasteiger partial charge < -0.3 is 13.9 Å². The van der Waals surface area contributed by atoms with Gasteiger partial charge in [-0.15, -0.1) is 5.10 Å². The summed E-state index contributed by atoms with van der Waals surface area (Å²) in [4.78, 5) is 18.3. The maximum absolute atomic E-state index is 13.2. The molecule has 0 aliphatic heterocycles. The molecule has 10 heteroatoms. The van der Waals surface area contributed by atoms with Crippen molar-refractivity contribution in [2.24, 2.45) is 0 Å². The highest BCUT2D eigenvalue weighted by atomic mass is 32.1. The van der Waals surface area contributed by atoms with Crippen LogP contribution in [0.15, 0.2) is 82.3 Å². The van der Waals surface area contributed by atoms with E-state index in [-0.39, 0.29) is 5.56 Å².